The van der Waals surface area contributed by atoms with Crippen LogP contribution in [0.15, 0.2) is 29.3 Å². The fraction of sp³-hybridized carbons (Fsp3) is 0.611. The van der Waals surface area contributed by atoms with E-state index < -0.39 is 9.84 Å². The van der Waals surface area contributed by atoms with E-state index in [9.17, 15) is 8.42 Å². The summed E-state index contributed by atoms with van der Waals surface area (Å²) in [7, 11) is -1.20. The molecule has 1 aliphatic rings. The molecule has 0 amide bonds. The third kappa shape index (κ3) is 9.11. The normalized spacial score (nSPS) is 18.6. The van der Waals surface area contributed by atoms with E-state index in [2.05, 4.69) is 15.6 Å². The average molecular weight is 511 g/mol. The van der Waals surface area contributed by atoms with Gasteiger partial charge < -0.3 is 20.1 Å². The molecule has 1 atom stereocenters. The Morgan fingerprint density at radius 3 is 2.81 bits per heavy atom. The van der Waals surface area contributed by atoms with Crippen LogP contribution in [0.5, 0.6) is 5.75 Å². The van der Waals surface area contributed by atoms with Crippen LogP contribution in [0.1, 0.15) is 19.8 Å². The number of nitrogens with zero attached hydrogens (tertiary/aromatic N) is 1. The molecule has 0 aromatic heterocycles. The van der Waals surface area contributed by atoms with Gasteiger partial charge in [-0.2, -0.15) is 0 Å². The summed E-state index contributed by atoms with van der Waals surface area (Å²) in [4.78, 5) is 4.55. The first kappa shape index (κ1) is 24.0. The Morgan fingerprint density at radius 2 is 2.15 bits per heavy atom. The first-order chi connectivity index (χ1) is 12.5. The Morgan fingerprint density at radius 1 is 1.33 bits per heavy atom. The smallest absolute Gasteiger partial charge is 0.195 e. The Hall–Kier alpha value is -1.07. The molecule has 2 N–H and O–H groups in total. The maximum Gasteiger partial charge on any atom is 0.195 e. The zero-order valence-electron chi connectivity index (χ0n) is 15.9. The lowest BCUT2D eigenvalue weighted by Gasteiger charge is -2.14. The van der Waals surface area contributed by atoms with E-state index in [1.807, 2.05) is 31.2 Å². The zero-order valence-corrected chi connectivity index (χ0v) is 19.1. The third-order valence-corrected chi connectivity index (χ3v) is 5.87. The molecule has 7 nitrogen and oxygen atoms in total. The standard InChI is InChI=1S/C18H29N3O4S.HI/c1-3-19-18(20-13-15-8-11-26(22,23)14-15)21-16-6-4-7-17(12-16)25-10-5-9-24-2;/h4,6-7,12,15H,3,5,8-11,13-14H2,1-2H3,(H2,19,20,21);1H. The predicted octanol–water partition coefficient (Wildman–Crippen LogP) is 2.53. The van der Waals surface area contributed by atoms with Crippen LogP contribution in [0.2, 0.25) is 0 Å². The third-order valence-electron chi connectivity index (χ3n) is 4.04. The van der Waals surface area contributed by atoms with Crippen LogP contribution in [0.3, 0.4) is 0 Å². The average Bonchev–Trinajstić information content (AvgIpc) is 2.96. The van der Waals surface area contributed by atoms with Crippen molar-refractivity contribution < 1.29 is 17.9 Å². The number of methoxy groups -OCH3 is 1. The maximum absolute atomic E-state index is 11.6. The van der Waals surface area contributed by atoms with Gasteiger partial charge in [-0.05, 0) is 31.4 Å². The van der Waals surface area contributed by atoms with Crippen LogP contribution in [-0.2, 0) is 14.6 Å². The van der Waals surface area contributed by atoms with Gasteiger partial charge in [0.1, 0.15) is 5.75 Å². The van der Waals surface area contributed by atoms with Crippen LogP contribution in [0, 0.1) is 5.92 Å². The van der Waals surface area contributed by atoms with Gasteiger partial charge in [0.05, 0.1) is 18.1 Å². The topological polar surface area (TPSA) is 89.0 Å². The molecule has 0 spiro atoms. The minimum Gasteiger partial charge on any atom is -0.493 e. The first-order valence-corrected chi connectivity index (χ1v) is 10.8. The number of aliphatic imine (C=N–C) groups is 1. The summed E-state index contributed by atoms with van der Waals surface area (Å²) in [6.07, 6.45) is 1.53. The summed E-state index contributed by atoms with van der Waals surface area (Å²) in [5.74, 6) is 2.04. The lowest BCUT2D eigenvalue weighted by molar-refractivity contribution is 0.172. The van der Waals surface area contributed by atoms with Crippen molar-refractivity contribution in [2.24, 2.45) is 10.9 Å². The number of sulfone groups is 1. The molecule has 0 bridgehead atoms. The first-order valence-electron chi connectivity index (χ1n) is 9.00. The maximum atomic E-state index is 11.6. The monoisotopic (exact) mass is 511 g/mol. The van der Waals surface area contributed by atoms with E-state index in [4.69, 9.17) is 9.47 Å². The molecule has 1 aromatic rings. The molecule has 1 unspecified atom stereocenters. The van der Waals surface area contributed by atoms with Gasteiger partial charge in [0.15, 0.2) is 15.8 Å². The summed E-state index contributed by atoms with van der Waals surface area (Å²) in [6, 6.07) is 7.68. The van der Waals surface area contributed by atoms with Crippen molar-refractivity contribution in [1.82, 2.24) is 5.32 Å². The van der Waals surface area contributed by atoms with Gasteiger partial charge in [-0.3, -0.25) is 4.99 Å². The predicted molar refractivity (Wildman–Crippen MR) is 120 cm³/mol. The zero-order chi connectivity index (χ0) is 18.8. The van der Waals surface area contributed by atoms with E-state index in [1.165, 1.54) is 0 Å². The van der Waals surface area contributed by atoms with Crippen molar-refractivity contribution in [3.63, 3.8) is 0 Å². The summed E-state index contributed by atoms with van der Waals surface area (Å²) in [5, 5.41) is 6.44. The molecule has 0 aliphatic carbocycles. The molecule has 2 rings (SSSR count). The molecule has 27 heavy (non-hydrogen) atoms. The van der Waals surface area contributed by atoms with Crippen molar-refractivity contribution in [3.05, 3.63) is 24.3 Å². The second kappa shape index (κ2) is 12.4. The molecule has 1 heterocycles. The number of ether oxygens (including phenoxy) is 2. The van der Waals surface area contributed by atoms with E-state index in [0.717, 1.165) is 24.4 Å². The quantitative estimate of drug-likeness (QED) is 0.229. The lowest BCUT2D eigenvalue weighted by atomic mass is 10.1. The van der Waals surface area contributed by atoms with Gasteiger partial charge in [0.25, 0.3) is 0 Å². The molecule has 9 heteroatoms. The number of benzene rings is 1. The molecule has 1 aliphatic heterocycles. The van der Waals surface area contributed by atoms with E-state index >= 15 is 0 Å². The number of nitrogens with one attached hydrogen (secondary N) is 2. The van der Waals surface area contributed by atoms with Crippen molar-refractivity contribution in [2.75, 3.05) is 50.2 Å². The fourth-order valence-corrected chi connectivity index (χ4v) is 4.59. The summed E-state index contributed by atoms with van der Waals surface area (Å²) >= 11 is 0. The second-order valence-electron chi connectivity index (χ2n) is 6.34. The van der Waals surface area contributed by atoms with Crippen molar-refractivity contribution in [1.29, 1.82) is 0 Å². The minimum atomic E-state index is -2.87. The summed E-state index contributed by atoms with van der Waals surface area (Å²) in [5.41, 5.74) is 0.869. The van der Waals surface area contributed by atoms with Crippen molar-refractivity contribution in [2.45, 2.75) is 19.8 Å². The Balaban J connectivity index is 0.00000364. The Labute approximate surface area is 179 Å². The fourth-order valence-electron chi connectivity index (χ4n) is 2.74. The van der Waals surface area contributed by atoms with Crippen LogP contribution in [-0.4, -0.2) is 59.3 Å². The van der Waals surface area contributed by atoms with E-state index in [0.29, 0.717) is 32.1 Å². The number of hydrogen-bond donors (Lipinski definition) is 2. The molecule has 1 fully saturated rings. The van der Waals surface area contributed by atoms with Crippen molar-refractivity contribution in [3.8, 4) is 5.75 Å². The SMILES string of the molecule is CCNC(=NCC1CCS(=O)(=O)C1)Nc1cccc(OCCCOC)c1.I. The number of guanidine groups is 1. The highest BCUT2D eigenvalue weighted by molar-refractivity contribution is 14.0. The van der Waals surface area contributed by atoms with Gasteiger partial charge in [0.2, 0.25) is 0 Å². The van der Waals surface area contributed by atoms with E-state index in [-0.39, 0.29) is 41.4 Å². The van der Waals surface area contributed by atoms with Gasteiger partial charge in [-0.1, -0.05) is 6.07 Å². The van der Waals surface area contributed by atoms with Crippen LogP contribution >= 0.6 is 24.0 Å². The van der Waals surface area contributed by atoms with Crippen LogP contribution < -0.4 is 15.4 Å². The molecule has 0 saturated carbocycles. The molecule has 154 valence electrons. The van der Waals surface area contributed by atoms with E-state index in [1.54, 1.807) is 7.11 Å². The molecule has 1 aromatic carbocycles. The summed E-state index contributed by atoms with van der Waals surface area (Å²) < 4.78 is 33.8. The number of anilines is 1. The summed E-state index contributed by atoms with van der Waals surface area (Å²) in [6.45, 7) is 4.49. The highest BCUT2D eigenvalue weighted by Crippen LogP contribution is 2.19. The number of hydrogen-bond acceptors (Lipinski definition) is 5. The lowest BCUT2D eigenvalue weighted by Crippen LogP contribution is -2.31. The van der Waals surface area contributed by atoms with Gasteiger partial charge in [-0.25, -0.2) is 8.42 Å². The number of halogens is 1. The van der Waals surface area contributed by atoms with Crippen LogP contribution in [0.4, 0.5) is 5.69 Å². The highest BCUT2D eigenvalue weighted by atomic mass is 127. The second-order valence-corrected chi connectivity index (χ2v) is 8.57. The largest absolute Gasteiger partial charge is 0.493 e. The molecular formula is C18H30IN3O4S. The van der Waals surface area contributed by atoms with Crippen molar-refractivity contribution >= 4 is 45.5 Å². The molecular weight excluding hydrogens is 481 g/mol. The molecule has 0 radical (unpaired) electrons. The van der Waals surface area contributed by atoms with Gasteiger partial charge in [0, 0.05) is 45.0 Å². The van der Waals surface area contributed by atoms with Crippen LogP contribution in [0.25, 0.3) is 0 Å². The highest BCUT2D eigenvalue weighted by Gasteiger charge is 2.27. The Bertz CT molecular complexity index is 698. The minimum absolute atomic E-state index is 0. The van der Waals surface area contributed by atoms with Gasteiger partial charge in [-0.15, -0.1) is 24.0 Å². The molecule has 1 saturated heterocycles. The van der Waals surface area contributed by atoms with Gasteiger partial charge >= 0.3 is 0 Å². The Kier molecular flexibility index (Phi) is 11.0. The number of rotatable bonds is 9.